The quantitative estimate of drug-likeness (QED) is 0.437. The normalized spacial score (nSPS) is 17.5. The van der Waals surface area contributed by atoms with Crippen LogP contribution in [0.15, 0.2) is 17.5 Å². The average molecular weight is 366 g/mol. The van der Waals surface area contributed by atoms with E-state index >= 15 is 0 Å². The molecule has 2 aromatic heterocycles. The van der Waals surface area contributed by atoms with E-state index in [-0.39, 0.29) is 5.28 Å². The van der Waals surface area contributed by atoms with Crippen LogP contribution in [0.2, 0.25) is 10.6 Å². The van der Waals surface area contributed by atoms with Crippen LogP contribution in [0.25, 0.3) is 0 Å². The van der Waals surface area contributed by atoms with Gasteiger partial charge in [0, 0.05) is 18.1 Å². The summed E-state index contributed by atoms with van der Waals surface area (Å²) in [5, 5.41) is 12.5. The van der Waals surface area contributed by atoms with Crippen molar-refractivity contribution in [2.75, 3.05) is 0 Å². The Hall–Kier alpha value is -1.79. The Labute approximate surface area is 150 Å². The lowest BCUT2D eigenvalue weighted by molar-refractivity contribution is 0.317. The van der Waals surface area contributed by atoms with Crippen LogP contribution >= 0.6 is 23.2 Å². The molecular formula is C16H17Cl2N5O. The fourth-order valence-corrected chi connectivity index (χ4v) is 3.22. The van der Waals surface area contributed by atoms with Crippen molar-refractivity contribution >= 4 is 28.9 Å². The first kappa shape index (κ1) is 17.0. The second kappa shape index (κ2) is 7.85. The summed E-state index contributed by atoms with van der Waals surface area (Å²) in [6.45, 7) is 0. The van der Waals surface area contributed by atoms with Gasteiger partial charge in [0.1, 0.15) is 5.71 Å². The maximum Gasteiger partial charge on any atom is 0.222 e. The molecule has 24 heavy (non-hydrogen) atoms. The number of hydrogen-bond donors (Lipinski definition) is 1. The molecule has 0 amide bonds. The highest BCUT2D eigenvalue weighted by molar-refractivity contribution is 6.28. The Bertz CT molecular complexity index is 766. The van der Waals surface area contributed by atoms with Crippen molar-refractivity contribution in [2.24, 2.45) is 5.16 Å². The summed E-state index contributed by atoms with van der Waals surface area (Å²) in [6.07, 6.45) is 10.9. The molecule has 0 atom stereocenters. The summed E-state index contributed by atoms with van der Waals surface area (Å²) in [4.78, 5) is 16.0. The molecule has 0 saturated carbocycles. The van der Waals surface area contributed by atoms with Crippen LogP contribution in [0, 0.1) is 0 Å². The van der Waals surface area contributed by atoms with E-state index in [0.717, 1.165) is 43.4 Å². The molecule has 0 bridgehead atoms. The van der Waals surface area contributed by atoms with Crippen molar-refractivity contribution in [3.63, 3.8) is 0 Å². The number of oxime groups is 1. The van der Waals surface area contributed by atoms with Crippen molar-refractivity contribution in [1.82, 2.24) is 19.9 Å². The maximum atomic E-state index is 8.71. The van der Waals surface area contributed by atoms with E-state index in [1.54, 1.807) is 6.20 Å². The zero-order valence-corrected chi connectivity index (χ0v) is 14.6. The SMILES string of the molecule is Clc1ncc2c(n1)CCCC2.O/N=C1\CCCc2cnc(Cl)nc21. The van der Waals surface area contributed by atoms with Crippen LogP contribution in [-0.2, 0) is 19.3 Å². The van der Waals surface area contributed by atoms with Crippen LogP contribution in [0.1, 0.15) is 48.2 Å². The lowest BCUT2D eigenvalue weighted by atomic mass is 9.96. The van der Waals surface area contributed by atoms with Crippen LogP contribution in [0.4, 0.5) is 0 Å². The van der Waals surface area contributed by atoms with Gasteiger partial charge in [-0.3, -0.25) is 0 Å². The number of halogens is 2. The highest BCUT2D eigenvalue weighted by atomic mass is 35.5. The van der Waals surface area contributed by atoms with E-state index in [1.807, 2.05) is 6.20 Å². The molecule has 2 aliphatic carbocycles. The van der Waals surface area contributed by atoms with E-state index in [4.69, 9.17) is 28.4 Å². The lowest BCUT2D eigenvalue weighted by Gasteiger charge is -2.14. The zero-order valence-electron chi connectivity index (χ0n) is 13.0. The molecule has 8 heteroatoms. The average Bonchev–Trinajstić information content (AvgIpc) is 2.61. The molecular weight excluding hydrogens is 349 g/mol. The second-order valence-electron chi connectivity index (χ2n) is 5.73. The zero-order chi connectivity index (χ0) is 16.9. The molecule has 0 aliphatic heterocycles. The Morgan fingerprint density at radius 2 is 1.50 bits per heavy atom. The fraction of sp³-hybridized carbons (Fsp3) is 0.438. The first-order valence-corrected chi connectivity index (χ1v) is 8.66. The molecule has 2 aliphatic rings. The summed E-state index contributed by atoms with van der Waals surface area (Å²) >= 11 is 11.3. The molecule has 1 N–H and O–H groups in total. The van der Waals surface area contributed by atoms with Gasteiger partial charge in [0.15, 0.2) is 0 Å². The summed E-state index contributed by atoms with van der Waals surface area (Å²) in [7, 11) is 0. The van der Waals surface area contributed by atoms with Crippen LogP contribution in [-0.4, -0.2) is 30.9 Å². The number of nitrogens with zero attached hydrogens (tertiary/aromatic N) is 5. The van der Waals surface area contributed by atoms with E-state index in [0.29, 0.717) is 16.7 Å². The van der Waals surface area contributed by atoms with E-state index in [9.17, 15) is 0 Å². The minimum Gasteiger partial charge on any atom is -0.411 e. The topological polar surface area (TPSA) is 84.2 Å². The summed E-state index contributed by atoms with van der Waals surface area (Å²) < 4.78 is 0. The predicted molar refractivity (Wildman–Crippen MR) is 92.0 cm³/mol. The third-order valence-corrected chi connectivity index (χ3v) is 4.49. The molecule has 0 radical (unpaired) electrons. The van der Waals surface area contributed by atoms with Crippen molar-refractivity contribution in [2.45, 2.75) is 44.9 Å². The molecule has 126 valence electrons. The minimum atomic E-state index is 0.196. The number of fused-ring (bicyclic) bond motifs is 2. The van der Waals surface area contributed by atoms with Gasteiger partial charge in [-0.25, -0.2) is 19.9 Å². The highest BCUT2D eigenvalue weighted by Crippen LogP contribution is 2.20. The van der Waals surface area contributed by atoms with Gasteiger partial charge in [-0.15, -0.1) is 0 Å². The van der Waals surface area contributed by atoms with Gasteiger partial charge in [0.2, 0.25) is 10.6 Å². The molecule has 0 fully saturated rings. The monoisotopic (exact) mass is 365 g/mol. The standard InChI is InChI=1S/C8H8ClN3O.C8H9ClN2/c9-8-10-4-5-2-1-3-6(12-13)7(5)11-8;9-8-10-5-6-3-1-2-4-7(6)11-8/h4,13H,1-3H2;5H,1-4H2/b12-6+;. The number of rotatable bonds is 0. The molecule has 2 heterocycles. The molecule has 0 unspecified atom stereocenters. The lowest BCUT2D eigenvalue weighted by Crippen LogP contribution is -2.14. The smallest absolute Gasteiger partial charge is 0.222 e. The predicted octanol–water partition coefficient (Wildman–Crippen LogP) is 3.65. The van der Waals surface area contributed by atoms with Crippen molar-refractivity contribution in [3.05, 3.63) is 45.5 Å². The summed E-state index contributed by atoms with van der Waals surface area (Å²) in [6, 6.07) is 0. The third-order valence-electron chi connectivity index (χ3n) is 4.12. The van der Waals surface area contributed by atoms with Crippen LogP contribution in [0.5, 0.6) is 0 Å². The molecule has 0 aromatic carbocycles. The van der Waals surface area contributed by atoms with Crippen molar-refractivity contribution in [1.29, 1.82) is 0 Å². The third kappa shape index (κ3) is 3.99. The Morgan fingerprint density at radius 1 is 0.833 bits per heavy atom. The number of aromatic nitrogens is 4. The first-order valence-electron chi connectivity index (χ1n) is 7.90. The largest absolute Gasteiger partial charge is 0.411 e. The second-order valence-corrected chi connectivity index (χ2v) is 6.41. The van der Waals surface area contributed by atoms with Gasteiger partial charge < -0.3 is 5.21 Å². The van der Waals surface area contributed by atoms with Gasteiger partial charge in [-0.2, -0.15) is 0 Å². The number of aryl methyl sites for hydroxylation is 3. The van der Waals surface area contributed by atoms with Crippen LogP contribution in [0.3, 0.4) is 0 Å². The molecule has 0 saturated heterocycles. The highest BCUT2D eigenvalue weighted by Gasteiger charge is 2.18. The molecule has 0 spiro atoms. The van der Waals surface area contributed by atoms with Gasteiger partial charge in [-0.1, -0.05) is 5.16 Å². The molecule has 6 nitrogen and oxygen atoms in total. The Morgan fingerprint density at radius 3 is 2.29 bits per heavy atom. The van der Waals surface area contributed by atoms with Crippen molar-refractivity contribution < 1.29 is 5.21 Å². The van der Waals surface area contributed by atoms with E-state index < -0.39 is 0 Å². The van der Waals surface area contributed by atoms with Crippen LogP contribution < -0.4 is 0 Å². The molecule has 2 aromatic rings. The van der Waals surface area contributed by atoms with E-state index in [1.165, 1.54) is 18.4 Å². The van der Waals surface area contributed by atoms with Gasteiger partial charge in [-0.05, 0) is 79.3 Å². The van der Waals surface area contributed by atoms with Gasteiger partial charge in [0.05, 0.1) is 5.69 Å². The van der Waals surface area contributed by atoms with Gasteiger partial charge in [0.25, 0.3) is 0 Å². The number of hydrogen-bond acceptors (Lipinski definition) is 6. The molecule has 4 rings (SSSR count). The first-order chi connectivity index (χ1) is 11.7. The van der Waals surface area contributed by atoms with Gasteiger partial charge >= 0.3 is 0 Å². The fourth-order valence-electron chi connectivity index (χ4n) is 2.93. The maximum absolute atomic E-state index is 8.71. The Balaban J connectivity index is 0.000000143. The Kier molecular flexibility index (Phi) is 5.58. The summed E-state index contributed by atoms with van der Waals surface area (Å²) in [5.74, 6) is 0. The van der Waals surface area contributed by atoms with E-state index in [2.05, 4.69) is 25.1 Å². The van der Waals surface area contributed by atoms with Crippen molar-refractivity contribution in [3.8, 4) is 0 Å². The summed E-state index contributed by atoms with van der Waals surface area (Å²) in [5.41, 5.74) is 4.72. The minimum absolute atomic E-state index is 0.196.